The molecule has 1 atom stereocenters. The van der Waals surface area contributed by atoms with Gasteiger partial charge >= 0.3 is 0 Å². The second-order valence-corrected chi connectivity index (χ2v) is 5.09. The van der Waals surface area contributed by atoms with Crippen molar-refractivity contribution in [3.8, 4) is 5.75 Å². The molecule has 22 heavy (non-hydrogen) atoms. The zero-order chi connectivity index (χ0) is 16.3. The Labute approximate surface area is 127 Å². The van der Waals surface area contributed by atoms with Gasteiger partial charge in [-0.05, 0) is 19.1 Å². The summed E-state index contributed by atoms with van der Waals surface area (Å²) in [4.78, 5) is 25.2. The Hall–Kier alpha value is -2.18. The molecular formula is C15H18F2N2O3. The van der Waals surface area contributed by atoms with Crippen LogP contribution in [0.15, 0.2) is 12.1 Å². The summed E-state index contributed by atoms with van der Waals surface area (Å²) in [7, 11) is 1.28. The predicted molar refractivity (Wildman–Crippen MR) is 75.1 cm³/mol. The van der Waals surface area contributed by atoms with E-state index in [2.05, 4.69) is 5.32 Å². The van der Waals surface area contributed by atoms with E-state index in [0.717, 1.165) is 6.07 Å². The number of halogens is 2. The maximum Gasteiger partial charge on any atom is 0.225 e. The van der Waals surface area contributed by atoms with Gasteiger partial charge < -0.3 is 15.0 Å². The van der Waals surface area contributed by atoms with E-state index in [1.807, 2.05) is 6.92 Å². The molecule has 0 unspecified atom stereocenters. The van der Waals surface area contributed by atoms with E-state index < -0.39 is 17.6 Å². The fraction of sp³-hybridized carbons (Fsp3) is 0.467. The fourth-order valence-electron chi connectivity index (χ4n) is 2.47. The van der Waals surface area contributed by atoms with Crippen molar-refractivity contribution in [2.24, 2.45) is 5.92 Å². The quantitative estimate of drug-likeness (QED) is 0.895. The van der Waals surface area contributed by atoms with Crippen LogP contribution in [0.2, 0.25) is 0 Å². The average molecular weight is 312 g/mol. The molecule has 0 radical (unpaired) electrons. The first-order chi connectivity index (χ1) is 10.5. The van der Waals surface area contributed by atoms with Crippen molar-refractivity contribution in [2.75, 3.05) is 20.2 Å². The number of carbonyl (C=O) groups excluding carboxylic acids is 2. The largest absolute Gasteiger partial charge is 0.494 e. The lowest BCUT2D eigenvalue weighted by atomic mass is 10.1. The first-order valence-corrected chi connectivity index (χ1v) is 7.04. The number of nitrogens with one attached hydrogen (secondary N) is 1. The number of methoxy groups -OCH3 is 1. The van der Waals surface area contributed by atoms with E-state index in [0.29, 0.717) is 13.1 Å². The Morgan fingerprint density at radius 3 is 2.77 bits per heavy atom. The molecular weight excluding hydrogens is 294 g/mol. The van der Waals surface area contributed by atoms with Crippen LogP contribution in [-0.4, -0.2) is 36.9 Å². The number of ether oxygens (including phenoxy) is 1. The van der Waals surface area contributed by atoms with Gasteiger partial charge in [0.15, 0.2) is 11.6 Å². The average Bonchev–Trinajstić information content (AvgIpc) is 2.88. The Morgan fingerprint density at radius 2 is 2.18 bits per heavy atom. The van der Waals surface area contributed by atoms with Gasteiger partial charge in [0.05, 0.1) is 13.0 Å². The predicted octanol–water partition coefficient (Wildman–Crippen LogP) is 1.46. The molecule has 0 bridgehead atoms. The van der Waals surface area contributed by atoms with Crippen LogP contribution in [0.4, 0.5) is 8.78 Å². The first-order valence-electron chi connectivity index (χ1n) is 7.04. The van der Waals surface area contributed by atoms with Crippen LogP contribution in [0.5, 0.6) is 5.75 Å². The summed E-state index contributed by atoms with van der Waals surface area (Å²) in [6.45, 7) is 2.43. The summed E-state index contributed by atoms with van der Waals surface area (Å²) >= 11 is 0. The zero-order valence-corrected chi connectivity index (χ0v) is 12.5. The Bertz CT molecular complexity index is 592. The maximum absolute atomic E-state index is 14.0. The highest BCUT2D eigenvalue weighted by Gasteiger charge is 2.33. The minimum atomic E-state index is -0.833. The van der Waals surface area contributed by atoms with Crippen molar-refractivity contribution >= 4 is 11.8 Å². The van der Waals surface area contributed by atoms with Crippen LogP contribution in [0, 0.1) is 17.6 Å². The molecule has 1 aromatic carbocycles. The molecule has 120 valence electrons. The van der Waals surface area contributed by atoms with Crippen molar-refractivity contribution in [1.29, 1.82) is 0 Å². The summed E-state index contributed by atoms with van der Waals surface area (Å²) < 4.78 is 32.4. The summed E-state index contributed by atoms with van der Waals surface area (Å²) in [5.74, 6) is -2.62. The third kappa shape index (κ3) is 3.18. The molecule has 0 aliphatic carbocycles. The normalized spacial score (nSPS) is 17.7. The van der Waals surface area contributed by atoms with E-state index >= 15 is 0 Å². The number of carbonyl (C=O) groups is 2. The Kier molecular flexibility index (Phi) is 4.95. The monoisotopic (exact) mass is 312 g/mol. The molecule has 2 rings (SSSR count). The Morgan fingerprint density at radius 1 is 1.45 bits per heavy atom. The van der Waals surface area contributed by atoms with E-state index in [-0.39, 0.29) is 36.1 Å². The highest BCUT2D eigenvalue weighted by atomic mass is 19.1. The molecule has 1 saturated heterocycles. The van der Waals surface area contributed by atoms with Crippen LogP contribution in [0.1, 0.15) is 18.9 Å². The van der Waals surface area contributed by atoms with E-state index in [4.69, 9.17) is 4.74 Å². The molecule has 5 nitrogen and oxygen atoms in total. The molecule has 1 heterocycles. The Balaban J connectivity index is 2.02. The highest BCUT2D eigenvalue weighted by molar-refractivity contribution is 5.89. The molecule has 1 aromatic rings. The van der Waals surface area contributed by atoms with E-state index in [1.54, 1.807) is 4.90 Å². The summed E-state index contributed by atoms with van der Waals surface area (Å²) in [5.41, 5.74) is -0.260. The van der Waals surface area contributed by atoms with Crippen LogP contribution in [0.3, 0.4) is 0 Å². The number of likely N-dealkylation sites (tertiary alicyclic amines) is 1. The van der Waals surface area contributed by atoms with Crippen molar-refractivity contribution in [1.82, 2.24) is 10.2 Å². The lowest BCUT2D eigenvalue weighted by molar-refractivity contribution is -0.128. The molecule has 0 spiro atoms. The topological polar surface area (TPSA) is 58.6 Å². The van der Waals surface area contributed by atoms with E-state index in [9.17, 15) is 18.4 Å². The molecule has 0 saturated carbocycles. The number of benzene rings is 1. The second kappa shape index (κ2) is 6.72. The van der Waals surface area contributed by atoms with Gasteiger partial charge in [-0.15, -0.1) is 0 Å². The standard InChI is InChI=1S/C15H18F2N2O3/c1-3-19-8-9(6-13(19)20)15(21)18-7-10-11(16)4-5-12(22-2)14(10)17/h4-5,9H,3,6-8H2,1-2H3,(H,18,21)/t9-/m0/s1. The van der Waals surface area contributed by atoms with Gasteiger partial charge in [0, 0.05) is 31.6 Å². The van der Waals surface area contributed by atoms with Crippen molar-refractivity contribution in [3.63, 3.8) is 0 Å². The molecule has 1 fully saturated rings. The molecule has 7 heteroatoms. The van der Waals surface area contributed by atoms with Crippen molar-refractivity contribution in [3.05, 3.63) is 29.3 Å². The van der Waals surface area contributed by atoms with Crippen LogP contribution in [0.25, 0.3) is 0 Å². The maximum atomic E-state index is 14.0. The molecule has 1 aliphatic heterocycles. The van der Waals surface area contributed by atoms with Gasteiger partial charge in [0.2, 0.25) is 11.8 Å². The van der Waals surface area contributed by atoms with Crippen LogP contribution < -0.4 is 10.1 Å². The third-order valence-electron chi connectivity index (χ3n) is 3.78. The third-order valence-corrected chi connectivity index (χ3v) is 3.78. The minimum Gasteiger partial charge on any atom is -0.494 e. The van der Waals surface area contributed by atoms with E-state index in [1.165, 1.54) is 13.2 Å². The van der Waals surface area contributed by atoms with Gasteiger partial charge in [0.25, 0.3) is 0 Å². The molecule has 2 amide bonds. The van der Waals surface area contributed by atoms with Gasteiger partial charge in [-0.1, -0.05) is 0 Å². The highest BCUT2D eigenvalue weighted by Crippen LogP contribution is 2.23. The van der Waals surface area contributed by atoms with Gasteiger partial charge in [-0.2, -0.15) is 0 Å². The first kappa shape index (κ1) is 16.2. The van der Waals surface area contributed by atoms with Crippen molar-refractivity contribution < 1.29 is 23.1 Å². The second-order valence-electron chi connectivity index (χ2n) is 5.09. The smallest absolute Gasteiger partial charge is 0.225 e. The molecule has 0 aromatic heterocycles. The number of nitrogens with zero attached hydrogens (tertiary/aromatic N) is 1. The van der Waals surface area contributed by atoms with Crippen LogP contribution >= 0.6 is 0 Å². The van der Waals surface area contributed by atoms with Crippen molar-refractivity contribution in [2.45, 2.75) is 19.9 Å². The summed E-state index contributed by atoms with van der Waals surface area (Å²) in [5, 5.41) is 2.49. The summed E-state index contributed by atoms with van der Waals surface area (Å²) in [6.07, 6.45) is 0.128. The van der Waals surface area contributed by atoms with Gasteiger partial charge in [-0.3, -0.25) is 9.59 Å². The zero-order valence-electron chi connectivity index (χ0n) is 12.5. The summed E-state index contributed by atoms with van der Waals surface area (Å²) in [6, 6.07) is 2.27. The lowest BCUT2D eigenvalue weighted by Gasteiger charge is -2.14. The molecule has 1 N–H and O–H groups in total. The SMILES string of the molecule is CCN1C[C@@H](C(=O)NCc2c(F)ccc(OC)c2F)CC1=O. The minimum absolute atomic E-state index is 0.0820. The lowest BCUT2D eigenvalue weighted by Crippen LogP contribution is -2.33. The fourth-order valence-corrected chi connectivity index (χ4v) is 2.47. The van der Waals surface area contributed by atoms with Gasteiger partial charge in [0.1, 0.15) is 5.82 Å². The van der Waals surface area contributed by atoms with Gasteiger partial charge in [-0.25, -0.2) is 8.78 Å². The number of rotatable bonds is 5. The number of hydrogen-bond acceptors (Lipinski definition) is 3. The van der Waals surface area contributed by atoms with Crippen LogP contribution in [-0.2, 0) is 16.1 Å². The molecule has 1 aliphatic rings. The number of hydrogen-bond donors (Lipinski definition) is 1. The number of amides is 2.